The van der Waals surface area contributed by atoms with E-state index in [0.717, 1.165) is 35.5 Å². The van der Waals surface area contributed by atoms with Crippen LogP contribution in [0.2, 0.25) is 0 Å². The average Bonchev–Trinajstić information content (AvgIpc) is 2.79. The summed E-state index contributed by atoms with van der Waals surface area (Å²) in [6.07, 6.45) is 0. The topological polar surface area (TPSA) is 47.3 Å². The van der Waals surface area contributed by atoms with Gasteiger partial charge >= 0.3 is 0 Å². The van der Waals surface area contributed by atoms with Gasteiger partial charge in [-0.1, -0.05) is 60.7 Å². The van der Waals surface area contributed by atoms with Gasteiger partial charge in [-0.05, 0) is 29.3 Å². The van der Waals surface area contributed by atoms with Gasteiger partial charge in [0, 0.05) is 31.7 Å². The molecule has 0 N–H and O–H groups in total. The molecule has 0 unspecified atom stereocenters. The molecule has 1 saturated heterocycles. The van der Waals surface area contributed by atoms with Crippen LogP contribution in [0.25, 0.3) is 11.1 Å². The third-order valence-electron chi connectivity index (χ3n) is 5.17. The Hall–Kier alpha value is -3.58. The number of carbonyl (C=O) groups excluding carboxylic acids is 1. The highest BCUT2D eigenvalue weighted by atomic mass is 16.2. The standard InChI is InChI=1S/C24H21N3O/c25-18-20-10-4-7-13-23(20)26-14-16-27(17-15-26)24(28)22-12-6-5-11-21(22)19-8-2-1-3-9-19/h1-13H,14-17H2. The smallest absolute Gasteiger partial charge is 0.254 e. The fourth-order valence-corrected chi connectivity index (χ4v) is 3.70. The molecular weight excluding hydrogens is 346 g/mol. The SMILES string of the molecule is N#Cc1ccccc1N1CCN(C(=O)c2ccccc2-c2ccccc2)CC1. The van der Waals surface area contributed by atoms with Gasteiger partial charge in [0.2, 0.25) is 0 Å². The van der Waals surface area contributed by atoms with Crippen LogP contribution in [0.3, 0.4) is 0 Å². The summed E-state index contributed by atoms with van der Waals surface area (Å²) in [6.45, 7) is 2.72. The summed E-state index contributed by atoms with van der Waals surface area (Å²) in [5, 5.41) is 9.34. The summed E-state index contributed by atoms with van der Waals surface area (Å²) < 4.78 is 0. The van der Waals surface area contributed by atoms with Gasteiger partial charge in [0.1, 0.15) is 6.07 Å². The Labute approximate surface area is 165 Å². The molecule has 0 saturated carbocycles. The van der Waals surface area contributed by atoms with E-state index in [2.05, 4.69) is 11.0 Å². The van der Waals surface area contributed by atoms with Gasteiger partial charge in [-0.2, -0.15) is 5.26 Å². The summed E-state index contributed by atoms with van der Waals surface area (Å²) in [5.41, 5.74) is 4.37. The Morgan fingerprint density at radius 3 is 2.18 bits per heavy atom. The summed E-state index contributed by atoms with van der Waals surface area (Å²) in [5.74, 6) is 0.0627. The van der Waals surface area contributed by atoms with E-state index in [1.165, 1.54) is 0 Å². The lowest BCUT2D eigenvalue weighted by Gasteiger charge is -2.36. The van der Waals surface area contributed by atoms with Gasteiger partial charge in [0.05, 0.1) is 11.3 Å². The number of benzene rings is 3. The monoisotopic (exact) mass is 367 g/mol. The van der Waals surface area contributed by atoms with Crippen LogP contribution in [-0.2, 0) is 0 Å². The zero-order chi connectivity index (χ0) is 19.3. The van der Waals surface area contributed by atoms with Gasteiger partial charge in [0.25, 0.3) is 5.91 Å². The summed E-state index contributed by atoms with van der Waals surface area (Å²) in [4.78, 5) is 17.3. The minimum absolute atomic E-state index is 0.0627. The summed E-state index contributed by atoms with van der Waals surface area (Å²) >= 11 is 0. The third kappa shape index (κ3) is 3.47. The van der Waals surface area contributed by atoms with Crippen LogP contribution in [0.15, 0.2) is 78.9 Å². The first-order chi connectivity index (χ1) is 13.8. The minimum atomic E-state index is 0.0627. The third-order valence-corrected chi connectivity index (χ3v) is 5.17. The van der Waals surface area contributed by atoms with Crippen molar-refractivity contribution in [2.45, 2.75) is 0 Å². The van der Waals surface area contributed by atoms with Crippen LogP contribution in [0, 0.1) is 11.3 Å². The van der Waals surface area contributed by atoms with Crippen molar-refractivity contribution in [2.24, 2.45) is 0 Å². The number of nitriles is 1. The van der Waals surface area contributed by atoms with Crippen molar-refractivity contribution in [3.05, 3.63) is 90.0 Å². The second-order valence-corrected chi connectivity index (χ2v) is 6.82. The number of nitrogens with zero attached hydrogens (tertiary/aromatic N) is 3. The van der Waals surface area contributed by atoms with Crippen LogP contribution >= 0.6 is 0 Å². The first-order valence-electron chi connectivity index (χ1n) is 9.46. The lowest BCUT2D eigenvalue weighted by Crippen LogP contribution is -2.49. The largest absolute Gasteiger partial charge is 0.367 e. The van der Waals surface area contributed by atoms with Gasteiger partial charge < -0.3 is 9.80 Å². The molecule has 1 aliphatic heterocycles. The lowest BCUT2D eigenvalue weighted by molar-refractivity contribution is 0.0747. The molecule has 0 spiro atoms. The number of anilines is 1. The first kappa shape index (κ1) is 17.8. The predicted octanol–water partition coefficient (Wildman–Crippen LogP) is 4.19. The molecule has 0 bridgehead atoms. The molecule has 4 heteroatoms. The molecule has 3 aromatic rings. The number of hydrogen-bond donors (Lipinski definition) is 0. The van der Waals surface area contributed by atoms with E-state index in [1.807, 2.05) is 83.8 Å². The van der Waals surface area contributed by atoms with Crippen molar-refractivity contribution in [1.29, 1.82) is 5.26 Å². The van der Waals surface area contributed by atoms with Crippen molar-refractivity contribution in [1.82, 2.24) is 4.90 Å². The van der Waals surface area contributed by atoms with Gasteiger partial charge in [-0.15, -0.1) is 0 Å². The summed E-state index contributed by atoms with van der Waals surface area (Å²) in [7, 11) is 0. The Bertz CT molecular complexity index is 1020. The van der Waals surface area contributed by atoms with Crippen LogP contribution < -0.4 is 4.90 Å². The lowest BCUT2D eigenvalue weighted by atomic mass is 9.98. The van der Waals surface area contributed by atoms with Crippen LogP contribution in [0.4, 0.5) is 5.69 Å². The van der Waals surface area contributed by atoms with Crippen molar-refractivity contribution < 1.29 is 4.79 Å². The van der Waals surface area contributed by atoms with Crippen molar-refractivity contribution >= 4 is 11.6 Å². The van der Waals surface area contributed by atoms with E-state index in [9.17, 15) is 10.1 Å². The maximum Gasteiger partial charge on any atom is 0.254 e. The zero-order valence-corrected chi connectivity index (χ0v) is 15.6. The highest BCUT2D eigenvalue weighted by Crippen LogP contribution is 2.26. The molecule has 28 heavy (non-hydrogen) atoms. The van der Waals surface area contributed by atoms with Crippen molar-refractivity contribution in [3.63, 3.8) is 0 Å². The number of para-hydroxylation sites is 1. The van der Waals surface area contributed by atoms with E-state index in [4.69, 9.17) is 0 Å². The normalized spacial score (nSPS) is 13.8. The molecule has 138 valence electrons. The number of hydrogen-bond acceptors (Lipinski definition) is 3. The molecule has 0 atom stereocenters. The van der Waals surface area contributed by atoms with E-state index in [0.29, 0.717) is 18.7 Å². The second kappa shape index (κ2) is 7.98. The molecule has 0 aromatic heterocycles. The molecule has 0 radical (unpaired) electrons. The molecule has 1 heterocycles. The minimum Gasteiger partial charge on any atom is -0.367 e. The maximum absolute atomic E-state index is 13.2. The summed E-state index contributed by atoms with van der Waals surface area (Å²) in [6, 6.07) is 27.7. The Balaban J connectivity index is 1.52. The quantitative estimate of drug-likeness (QED) is 0.697. The number of rotatable bonds is 3. The van der Waals surface area contributed by atoms with E-state index in [-0.39, 0.29) is 5.91 Å². The molecule has 4 nitrogen and oxygen atoms in total. The van der Waals surface area contributed by atoms with Crippen molar-refractivity contribution in [2.75, 3.05) is 31.1 Å². The highest BCUT2D eigenvalue weighted by Gasteiger charge is 2.25. The van der Waals surface area contributed by atoms with Crippen molar-refractivity contribution in [3.8, 4) is 17.2 Å². The molecule has 1 amide bonds. The highest BCUT2D eigenvalue weighted by molar-refractivity contribution is 6.01. The first-order valence-corrected chi connectivity index (χ1v) is 9.46. The van der Waals surface area contributed by atoms with Gasteiger partial charge in [-0.3, -0.25) is 4.79 Å². The number of amides is 1. The van der Waals surface area contributed by atoms with Gasteiger partial charge in [0.15, 0.2) is 0 Å². The fraction of sp³-hybridized carbons (Fsp3) is 0.167. The Kier molecular flexibility index (Phi) is 5.07. The predicted molar refractivity (Wildman–Crippen MR) is 111 cm³/mol. The number of carbonyl (C=O) groups is 1. The van der Waals surface area contributed by atoms with E-state index in [1.54, 1.807) is 0 Å². The van der Waals surface area contributed by atoms with Gasteiger partial charge in [-0.25, -0.2) is 0 Å². The molecule has 1 aliphatic rings. The fourth-order valence-electron chi connectivity index (χ4n) is 3.70. The molecular formula is C24H21N3O. The zero-order valence-electron chi connectivity index (χ0n) is 15.6. The maximum atomic E-state index is 13.2. The second-order valence-electron chi connectivity index (χ2n) is 6.82. The molecule has 3 aromatic carbocycles. The average molecular weight is 367 g/mol. The molecule has 0 aliphatic carbocycles. The molecule has 1 fully saturated rings. The van der Waals surface area contributed by atoms with E-state index >= 15 is 0 Å². The number of piperazine rings is 1. The van der Waals surface area contributed by atoms with E-state index < -0.39 is 0 Å². The Morgan fingerprint density at radius 1 is 0.786 bits per heavy atom. The molecule has 4 rings (SSSR count). The van der Waals surface area contributed by atoms with Crippen LogP contribution in [-0.4, -0.2) is 37.0 Å². The Morgan fingerprint density at radius 2 is 1.43 bits per heavy atom. The van der Waals surface area contributed by atoms with Crippen LogP contribution in [0.5, 0.6) is 0 Å². The van der Waals surface area contributed by atoms with Crippen LogP contribution in [0.1, 0.15) is 15.9 Å².